The summed E-state index contributed by atoms with van der Waals surface area (Å²) < 4.78 is 60.9. The van der Waals surface area contributed by atoms with E-state index in [-0.39, 0.29) is 72.0 Å². The predicted octanol–water partition coefficient (Wildman–Crippen LogP) is -0.00260. The zero-order valence-electron chi connectivity index (χ0n) is 40.1. The Morgan fingerprint density at radius 1 is 0.455 bits per heavy atom. The number of carboxylic acids is 2. The van der Waals surface area contributed by atoms with Gasteiger partial charge in [0.15, 0.2) is 0 Å². The molecule has 66 heavy (non-hydrogen) atoms. The van der Waals surface area contributed by atoms with Gasteiger partial charge in [-0.15, -0.1) is 0 Å². The van der Waals surface area contributed by atoms with Gasteiger partial charge < -0.3 is 29.5 Å². The van der Waals surface area contributed by atoms with Crippen molar-refractivity contribution in [1.82, 2.24) is 11.0 Å². The van der Waals surface area contributed by atoms with Gasteiger partial charge in [-0.25, -0.2) is 9.59 Å². The van der Waals surface area contributed by atoms with Gasteiger partial charge in [0.2, 0.25) is 0 Å². The molecule has 22 heteroatoms. The zero-order chi connectivity index (χ0) is 48.5. The van der Waals surface area contributed by atoms with Gasteiger partial charge in [-0.3, -0.25) is 18.7 Å². The summed E-state index contributed by atoms with van der Waals surface area (Å²) in [7, 11) is -10.0. The monoisotopic (exact) mass is 998 g/mol. The van der Waals surface area contributed by atoms with Gasteiger partial charge >= 0.3 is 71.1 Å². The predicted molar refractivity (Wildman–Crippen MR) is 237 cm³/mol. The summed E-state index contributed by atoms with van der Waals surface area (Å²) in [6.45, 7) is 4.44. The van der Waals surface area contributed by atoms with Crippen LogP contribution >= 0.6 is 0 Å². The van der Waals surface area contributed by atoms with E-state index in [1.165, 1.54) is 77.0 Å². The molecule has 4 N–H and O–H groups in total. The first-order chi connectivity index (χ1) is 30.4. The van der Waals surface area contributed by atoms with Gasteiger partial charge in [0.05, 0.1) is 24.8 Å². The largest absolute Gasteiger partial charge is 1.00 e. The van der Waals surface area contributed by atoms with E-state index in [4.69, 9.17) is 9.11 Å². The molecule has 0 radical (unpaired) electrons. The second-order valence-electron chi connectivity index (χ2n) is 15.7. The zero-order valence-corrected chi connectivity index (χ0v) is 45.7. The van der Waals surface area contributed by atoms with Crippen molar-refractivity contribution in [2.75, 3.05) is 0 Å². The van der Waals surface area contributed by atoms with E-state index < -0.39 is 79.3 Å². The topological polar surface area (TPSA) is 300 Å². The molecule has 0 rings (SSSR count). The van der Waals surface area contributed by atoms with Gasteiger partial charge in [-0.2, -0.15) is 27.8 Å². The number of hydroxylamine groups is 2. The Labute approximate surface area is 438 Å². The van der Waals surface area contributed by atoms with Crippen molar-refractivity contribution in [3.05, 3.63) is 24.3 Å². The average Bonchev–Trinajstić information content (AvgIpc) is 3.22. The fraction of sp³-hybridized carbons (Fsp3) is 0.773. The quantitative estimate of drug-likeness (QED) is 0.0208. The van der Waals surface area contributed by atoms with Crippen LogP contribution in [0.5, 0.6) is 0 Å². The molecule has 2 amide bonds. The van der Waals surface area contributed by atoms with E-state index in [1.54, 1.807) is 0 Å². The molecule has 0 aliphatic heterocycles. The summed E-state index contributed by atoms with van der Waals surface area (Å²) >= 11 is 0. The van der Waals surface area contributed by atoms with E-state index >= 15 is 0 Å². The molecule has 0 saturated carbocycles. The van der Waals surface area contributed by atoms with Gasteiger partial charge in [0.1, 0.15) is 10.5 Å². The van der Waals surface area contributed by atoms with Crippen molar-refractivity contribution < 1.29 is 134 Å². The summed E-state index contributed by atoms with van der Waals surface area (Å²) in [6, 6.07) is 0. The van der Waals surface area contributed by atoms with E-state index in [1.807, 2.05) is 11.0 Å². The number of carbonyl (C=O) groups excluding carboxylic acids is 6. The fourth-order valence-electron chi connectivity index (χ4n) is 6.05. The van der Waals surface area contributed by atoms with Gasteiger partial charge in [-0.05, 0) is 64.2 Å². The molecule has 0 aromatic heterocycles. The number of amides is 2. The first kappa shape index (κ1) is 70.7. The molecular formula is C44H76N2Na2O16S2. The number of hydrogen-bond acceptors (Lipinski definition) is 14. The minimum absolute atomic E-state index is 0. The van der Waals surface area contributed by atoms with Crippen LogP contribution in [-0.4, -0.2) is 72.1 Å². The van der Waals surface area contributed by atoms with Crippen LogP contribution in [-0.2, 0) is 58.7 Å². The van der Waals surface area contributed by atoms with Crippen molar-refractivity contribution in [1.29, 1.82) is 0 Å². The Morgan fingerprint density at radius 3 is 0.939 bits per heavy atom. The maximum Gasteiger partial charge on any atom is 1.00 e. The molecular weight excluding hydrogens is 923 g/mol. The number of carboxylic acid groups (broad SMARTS) is 2. The summed E-state index contributed by atoms with van der Waals surface area (Å²) in [4.78, 5) is 76.0. The third-order valence-corrected chi connectivity index (χ3v) is 12.0. The Kier molecular flexibility index (Phi) is 50.1. The molecule has 0 spiro atoms. The number of rotatable bonds is 38. The average molecular weight is 999 g/mol. The van der Waals surface area contributed by atoms with Crippen LogP contribution in [0, 0.1) is 0 Å². The van der Waals surface area contributed by atoms with Gasteiger partial charge in [0.25, 0.3) is 32.1 Å². The Balaban J connectivity index is -0.000000565. The maximum atomic E-state index is 11.6. The van der Waals surface area contributed by atoms with Crippen molar-refractivity contribution in [2.45, 2.75) is 217 Å². The molecule has 0 heterocycles. The van der Waals surface area contributed by atoms with Gasteiger partial charge in [0, 0.05) is 12.8 Å². The van der Waals surface area contributed by atoms with Crippen LogP contribution < -0.4 is 80.3 Å². The molecule has 0 aliphatic carbocycles. The number of unbranched alkanes of at least 4 members (excludes halogenated alkanes) is 22. The minimum Gasteiger partial charge on any atom is -0.549 e. The van der Waals surface area contributed by atoms with Crippen LogP contribution in [0.1, 0.15) is 206 Å². The van der Waals surface area contributed by atoms with Crippen LogP contribution in [0.15, 0.2) is 24.3 Å². The number of hydrogen-bond donors (Lipinski definition) is 4. The van der Waals surface area contributed by atoms with E-state index in [0.29, 0.717) is 12.8 Å². The van der Waals surface area contributed by atoms with Crippen LogP contribution in [0.4, 0.5) is 0 Å². The first-order valence-electron chi connectivity index (χ1n) is 23.0. The normalized spacial score (nSPS) is 12.2. The standard InChI is InChI=1S/2C22H39NO8S.2Na/c2*1-2-3-4-5-6-7-8-9-10-11-12-13-14-15-16-17-20(24)23-31-21(25)18-19(22(26)27)32(28,29)30;;/h2*9-10,19H,2-8,11-18H2,1H3,(H,23,24)(H,26,27)(H,28,29,30);;/q;;2*+1/p-2/b2*10-9-;;. The van der Waals surface area contributed by atoms with Crippen molar-refractivity contribution in [2.24, 2.45) is 0 Å². The van der Waals surface area contributed by atoms with E-state index in [2.05, 4.69) is 47.8 Å². The third kappa shape index (κ3) is 47.2. The van der Waals surface area contributed by atoms with Crippen molar-refractivity contribution in [3.8, 4) is 0 Å². The van der Waals surface area contributed by atoms with Crippen molar-refractivity contribution >= 4 is 55.9 Å². The summed E-state index contributed by atoms with van der Waals surface area (Å²) in [5.41, 5.74) is 3.68. The summed E-state index contributed by atoms with van der Waals surface area (Å²) in [6.07, 6.45) is 36.2. The summed E-state index contributed by atoms with van der Waals surface area (Å²) in [5.74, 6) is -8.04. The van der Waals surface area contributed by atoms with Crippen LogP contribution in [0.25, 0.3) is 0 Å². The third-order valence-electron chi connectivity index (χ3n) is 9.84. The number of allylic oxidation sites excluding steroid dienone is 4. The number of aliphatic carboxylic acids is 2. The minimum atomic E-state index is -5.02. The van der Waals surface area contributed by atoms with E-state index in [9.17, 15) is 55.8 Å². The van der Waals surface area contributed by atoms with Crippen molar-refractivity contribution in [3.63, 3.8) is 0 Å². The Morgan fingerprint density at radius 2 is 0.697 bits per heavy atom. The van der Waals surface area contributed by atoms with Crippen LogP contribution in [0.3, 0.4) is 0 Å². The second kappa shape index (κ2) is 46.8. The Bertz CT molecular complexity index is 1480. The summed E-state index contributed by atoms with van der Waals surface area (Å²) in [5, 5.41) is 16.4. The molecule has 0 bridgehead atoms. The number of nitrogens with one attached hydrogen (secondary N) is 2. The van der Waals surface area contributed by atoms with Crippen LogP contribution in [0.2, 0.25) is 0 Å². The molecule has 18 nitrogen and oxygen atoms in total. The maximum absolute atomic E-state index is 11.6. The molecule has 0 aromatic rings. The molecule has 372 valence electrons. The molecule has 0 aromatic carbocycles. The molecule has 0 aliphatic rings. The fourth-order valence-corrected chi connectivity index (χ4v) is 7.23. The second-order valence-corrected chi connectivity index (χ2v) is 18.9. The SMILES string of the molecule is CCCCCCCC/C=C\CCCCCCCC(=O)NOC(=O)CC(C(=O)[O-])S(=O)(=O)O.CCCCCCCC/C=C\CCCCCCCC(=O)NOC(=O)CC(C(=O)[O-])S(=O)(=O)O.[Na+].[Na+]. The first-order valence-corrected chi connectivity index (χ1v) is 26.0. The van der Waals surface area contributed by atoms with Gasteiger partial charge in [-0.1, -0.05) is 141 Å². The Hall–Kier alpha value is -1.88. The smallest absolute Gasteiger partial charge is 0.549 e. The molecule has 2 unspecified atom stereocenters. The molecule has 0 saturated heterocycles. The number of carbonyl (C=O) groups is 6. The molecule has 0 fully saturated rings. The molecule has 2 atom stereocenters. The van der Waals surface area contributed by atoms with E-state index in [0.717, 1.165) is 77.0 Å².